The van der Waals surface area contributed by atoms with E-state index in [2.05, 4.69) is 0 Å². The summed E-state index contributed by atoms with van der Waals surface area (Å²) in [6.45, 7) is 5.71. The van der Waals surface area contributed by atoms with Crippen molar-refractivity contribution in [1.29, 1.82) is 0 Å². The van der Waals surface area contributed by atoms with E-state index in [9.17, 15) is 0 Å². The Bertz CT molecular complexity index is 268. The second kappa shape index (κ2) is 7.37. The van der Waals surface area contributed by atoms with Gasteiger partial charge in [0.25, 0.3) is 0 Å². The Morgan fingerprint density at radius 1 is 1.00 bits per heavy atom. The number of rotatable bonds is 5. The van der Waals surface area contributed by atoms with Gasteiger partial charge >= 0.3 is 0 Å². The number of benzene rings is 1. The summed E-state index contributed by atoms with van der Waals surface area (Å²) in [5.41, 5.74) is 6.60. The third-order valence-corrected chi connectivity index (χ3v) is 1.80. The monoisotopic (exact) mass is 231 g/mol. The van der Waals surface area contributed by atoms with Crippen LogP contribution in [0.25, 0.3) is 0 Å². The van der Waals surface area contributed by atoms with Gasteiger partial charge in [0.1, 0.15) is 11.5 Å². The van der Waals surface area contributed by atoms with E-state index in [1.165, 1.54) is 0 Å². The molecule has 0 aliphatic carbocycles. The first-order valence-electron chi connectivity index (χ1n) is 4.89. The molecule has 2 N–H and O–H groups in total. The largest absolute Gasteiger partial charge is 0.494 e. The Hall–Kier alpha value is -0.930. The van der Waals surface area contributed by atoms with Gasteiger partial charge in [-0.15, -0.1) is 12.4 Å². The Kier molecular flexibility index (Phi) is 6.92. The van der Waals surface area contributed by atoms with E-state index < -0.39 is 0 Å². The van der Waals surface area contributed by atoms with Gasteiger partial charge in [-0.05, 0) is 31.5 Å². The van der Waals surface area contributed by atoms with Crippen molar-refractivity contribution in [2.75, 3.05) is 13.2 Å². The Labute approximate surface area is 97.0 Å². The molecule has 0 aliphatic rings. The SMILES string of the molecule is CCOc1cc(CN)cc(OCC)c1.Cl. The molecule has 0 spiro atoms. The zero-order valence-corrected chi connectivity index (χ0v) is 9.97. The first kappa shape index (κ1) is 14.1. The summed E-state index contributed by atoms with van der Waals surface area (Å²) in [5.74, 6) is 1.64. The topological polar surface area (TPSA) is 44.5 Å². The minimum absolute atomic E-state index is 0. The Morgan fingerprint density at radius 2 is 1.47 bits per heavy atom. The summed E-state index contributed by atoms with van der Waals surface area (Å²) >= 11 is 0. The standard InChI is InChI=1S/C11H17NO2.ClH/c1-3-13-10-5-9(8-12)6-11(7-10)14-4-2;/h5-7H,3-4,8,12H2,1-2H3;1H. The normalized spacial score (nSPS) is 9.27. The number of hydrogen-bond donors (Lipinski definition) is 1. The molecule has 1 aromatic carbocycles. The quantitative estimate of drug-likeness (QED) is 0.846. The van der Waals surface area contributed by atoms with Crippen LogP contribution in [-0.2, 0) is 6.54 Å². The maximum atomic E-state index is 5.57. The molecule has 0 unspecified atom stereocenters. The molecule has 0 saturated heterocycles. The first-order chi connectivity index (χ1) is 6.80. The molecule has 0 heterocycles. The molecular formula is C11H18ClNO2. The molecule has 1 aromatic rings. The van der Waals surface area contributed by atoms with E-state index >= 15 is 0 Å². The molecule has 0 aliphatic heterocycles. The van der Waals surface area contributed by atoms with E-state index in [-0.39, 0.29) is 12.4 Å². The lowest BCUT2D eigenvalue weighted by molar-refractivity contribution is 0.322. The van der Waals surface area contributed by atoms with E-state index in [0.717, 1.165) is 17.1 Å². The van der Waals surface area contributed by atoms with Crippen LogP contribution >= 0.6 is 12.4 Å². The van der Waals surface area contributed by atoms with E-state index in [1.807, 2.05) is 32.0 Å². The van der Waals surface area contributed by atoms with Gasteiger partial charge in [-0.2, -0.15) is 0 Å². The third kappa shape index (κ3) is 4.40. The highest BCUT2D eigenvalue weighted by atomic mass is 35.5. The van der Waals surface area contributed by atoms with Gasteiger partial charge in [-0.3, -0.25) is 0 Å². The second-order valence-corrected chi connectivity index (χ2v) is 2.88. The fraction of sp³-hybridized carbons (Fsp3) is 0.455. The molecule has 0 aromatic heterocycles. The van der Waals surface area contributed by atoms with Crippen molar-refractivity contribution in [1.82, 2.24) is 0 Å². The van der Waals surface area contributed by atoms with Crippen molar-refractivity contribution in [3.63, 3.8) is 0 Å². The highest BCUT2D eigenvalue weighted by Crippen LogP contribution is 2.22. The summed E-state index contributed by atoms with van der Waals surface area (Å²) < 4.78 is 10.8. The lowest BCUT2D eigenvalue weighted by atomic mass is 10.2. The molecule has 0 saturated carbocycles. The summed E-state index contributed by atoms with van der Waals surface area (Å²) in [6, 6.07) is 5.75. The van der Waals surface area contributed by atoms with E-state index in [0.29, 0.717) is 19.8 Å². The van der Waals surface area contributed by atoms with Crippen molar-refractivity contribution < 1.29 is 9.47 Å². The van der Waals surface area contributed by atoms with Gasteiger partial charge in [0.05, 0.1) is 13.2 Å². The zero-order valence-electron chi connectivity index (χ0n) is 9.16. The van der Waals surface area contributed by atoms with Crippen LogP contribution in [0.2, 0.25) is 0 Å². The second-order valence-electron chi connectivity index (χ2n) is 2.88. The summed E-state index contributed by atoms with van der Waals surface area (Å²) in [7, 11) is 0. The molecule has 3 nitrogen and oxygen atoms in total. The van der Waals surface area contributed by atoms with Crippen LogP contribution in [0.1, 0.15) is 19.4 Å². The van der Waals surface area contributed by atoms with Crippen molar-refractivity contribution in [2.24, 2.45) is 5.73 Å². The van der Waals surface area contributed by atoms with Crippen LogP contribution in [0.4, 0.5) is 0 Å². The fourth-order valence-electron chi connectivity index (χ4n) is 1.25. The van der Waals surface area contributed by atoms with E-state index in [1.54, 1.807) is 0 Å². The summed E-state index contributed by atoms with van der Waals surface area (Å²) in [4.78, 5) is 0. The Balaban J connectivity index is 0.00000196. The summed E-state index contributed by atoms with van der Waals surface area (Å²) in [6.07, 6.45) is 0. The number of nitrogens with two attached hydrogens (primary N) is 1. The lowest BCUT2D eigenvalue weighted by Gasteiger charge is -2.09. The van der Waals surface area contributed by atoms with Crippen LogP contribution in [0.15, 0.2) is 18.2 Å². The lowest BCUT2D eigenvalue weighted by Crippen LogP contribution is -2.00. The fourth-order valence-corrected chi connectivity index (χ4v) is 1.25. The van der Waals surface area contributed by atoms with Gasteiger partial charge in [0, 0.05) is 12.6 Å². The van der Waals surface area contributed by atoms with Crippen LogP contribution < -0.4 is 15.2 Å². The van der Waals surface area contributed by atoms with Crippen LogP contribution in [0, 0.1) is 0 Å². The highest BCUT2D eigenvalue weighted by Gasteiger charge is 2.01. The number of ether oxygens (including phenoxy) is 2. The number of halogens is 1. The molecule has 86 valence electrons. The van der Waals surface area contributed by atoms with Crippen molar-refractivity contribution >= 4 is 12.4 Å². The van der Waals surface area contributed by atoms with Gasteiger partial charge in [0.15, 0.2) is 0 Å². The molecule has 0 amide bonds. The predicted molar refractivity (Wildman–Crippen MR) is 63.9 cm³/mol. The van der Waals surface area contributed by atoms with Crippen molar-refractivity contribution in [3.05, 3.63) is 23.8 Å². The number of hydrogen-bond acceptors (Lipinski definition) is 3. The van der Waals surface area contributed by atoms with Crippen LogP contribution in [-0.4, -0.2) is 13.2 Å². The molecule has 0 fully saturated rings. The van der Waals surface area contributed by atoms with Crippen LogP contribution in [0.5, 0.6) is 11.5 Å². The molecule has 15 heavy (non-hydrogen) atoms. The maximum absolute atomic E-state index is 5.57. The molecule has 0 radical (unpaired) electrons. The van der Waals surface area contributed by atoms with Crippen LogP contribution in [0.3, 0.4) is 0 Å². The van der Waals surface area contributed by atoms with E-state index in [4.69, 9.17) is 15.2 Å². The molecule has 4 heteroatoms. The van der Waals surface area contributed by atoms with Gasteiger partial charge in [-0.25, -0.2) is 0 Å². The molecule has 1 rings (SSSR count). The molecule has 0 bridgehead atoms. The van der Waals surface area contributed by atoms with Crippen molar-refractivity contribution in [3.8, 4) is 11.5 Å². The third-order valence-electron chi connectivity index (χ3n) is 1.80. The van der Waals surface area contributed by atoms with Gasteiger partial charge in [-0.1, -0.05) is 0 Å². The minimum Gasteiger partial charge on any atom is -0.494 e. The van der Waals surface area contributed by atoms with Crippen molar-refractivity contribution in [2.45, 2.75) is 20.4 Å². The van der Waals surface area contributed by atoms with Gasteiger partial charge < -0.3 is 15.2 Å². The van der Waals surface area contributed by atoms with Gasteiger partial charge in [0.2, 0.25) is 0 Å². The zero-order chi connectivity index (χ0) is 10.4. The predicted octanol–water partition coefficient (Wildman–Crippen LogP) is 2.36. The highest BCUT2D eigenvalue weighted by molar-refractivity contribution is 5.85. The summed E-state index contributed by atoms with van der Waals surface area (Å²) in [5, 5.41) is 0. The molecular weight excluding hydrogens is 214 g/mol. The molecule has 0 atom stereocenters. The average Bonchev–Trinajstić information content (AvgIpc) is 2.18. The smallest absolute Gasteiger partial charge is 0.123 e. The average molecular weight is 232 g/mol. The first-order valence-corrected chi connectivity index (χ1v) is 4.89. The maximum Gasteiger partial charge on any atom is 0.123 e. The minimum atomic E-state index is 0. The Morgan fingerprint density at radius 3 is 1.80 bits per heavy atom.